The number of rotatable bonds is 8. The molecule has 12 heteroatoms. The Hall–Kier alpha value is -4.22. The molecule has 1 heterocycles. The first-order chi connectivity index (χ1) is 18.9. The molecule has 0 spiro atoms. The van der Waals surface area contributed by atoms with Crippen LogP contribution >= 0.6 is 22.9 Å². The lowest BCUT2D eigenvalue weighted by atomic mass is 10.0. The largest absolute Gasteiger partial charge is 0.464 e. The SMILES string of the molecule is COC(=O)/C(=C/c1scc(C(=O)c2cc(F)ccc2Cl)c1NC(=O)OC(C)(C)C)NC(=O)OCc1ccccc1. The Morgan fingerprint density at radius 1 is 1.02 bits per heavy atom. The van der Waals surface area contributed by atoms with Crippen molar-refractivity contribution in [1.82, 2.24) is 5.32 Å². The van der Waals surface area contributed by atoms with E-state index in [1.165, 1.54) is 17.5 Å². The van der Waals surface area contributed by atoms with Gasteiger partial charge in [0.2, 0.25) is 0 Å². The van der Waals surface area contributed by atoms with Crippen molar-refractivity contribution in [2.45, 2.75) is 33.0 Å². The number of methoxy groups -OCH3 is 1. The van der Waals surface area contributed by atoms with E-state index in [1.807, 2.05) is 6.07 Å². The van der Waals surface area contributed by atoms with Crippen LogP contribution in [-0.4, -0.2) is 36.6 Å². The van der Waals surface area contributed by atoms with Gasteiger partial charge in [0.05, 0.1) is 28.3 Å². The highest BCUT2D eigenvalue weighted by atomic mass is 35.5. The number of carbonyl (C=O) groups is 4. The number of ketones is 1. The van der Waals surface area contributed by atoms with Crippen LogP contribution in [0.3, 0.4) is 0 Å². The molecule has 0 aliphatic heterocycles. The smallest absolute Gasteiger partial charge is 0.412 e. The van der Waals surface area contributed by atoms with E-state index < -0.39 is 35.4 Å². The minimum atomic E-state index is -0.943. The van der Waals surface area contributed by atoms with Gasteiger partial charge in [-0.3, -0.25) is 15.4 Å². The van der Waals surface area contributed by atoms with Crippen LogP contribution in [0.4, 0.5) is 19.7 Å². The summed E-state index contributed by atoms with van der Waals surface area (Å²) in [6.07, 6.45) is -0.631. The highest BCUT2D eigenvalue weighted by Gasteiger charge is 2.26. The number of nitrogens with one attached hydrogen (secondary N) is 2. The van der Waals surface area contributed by atoms with Gasteiger partial charge in [-0.1, -0.05) is 41.9 Å². The fraction of sp³-hybridized carbons (Fsp3) is 0.214. The quantitative estimate of drug-likeness (QED) is 0.132. The van der Waals surface area contributed by atoms with Gasteiger partial charge in [-0.2, -0.15) is 0 Å². The first-order valence-corrected chi connectivity index (χ1v) is 13.0. The van der Waals surface area contributed by atoms with Crippen LogP contribution in [0.2, 0.25) is 5.02 Å². The van der Waals surface area contributed by atoms with E-state index in [4.69, 9.17) is 25.8 Å². The van der Waals surface area contributed by atoms with E-state index in [-0.39, 0.29) is 39.0 Å². The van der Waals surface area contributed by atoms with Gasteiger partial charge in [-0.05, 0) is 50.6 Å². The molecule has 9 nitrogen and oxygen atoms in total. The van der Waals surface area contributed by atoms with Gasteiger partial charge < -0.3 is 14.2 Å². The third-order valence-corrected chi connectivity index (χ3v) is 6.25. The lowest BCUT2D eigenvalue weighted by Crippen LogP contribution is -2.29. The maximum atomic E-state index is 13.9. The molecule has 0 aliphatic rings. The van der Waals surface area contributed by atoms with Crippen molar-refractivity contribution in [2.75, 3.05) is 12.4 Å². The highest BCUT2D eigenvalue weighted by molar-refractivity contribution is 7.12. The monoisotopic (exact) mass is 588 g/mol. The summed E-state index contributed by atoms with van der Waals surface area (Å²) in [5.41, 5.74) is -0.721. The fourth-order valence-corrected chi connectivity index (χ4v) is 4.39. The molecule has 3 rings (SSSR count). The van der Waals surface area contributed by atoms with E-state index >= 15 is 0 Å². The zero-order valence-electron chi connectivity index (χ0n) is 22.0. The third kappa shape index (κ3) is 8.39. The molecule has 0 radical (unpaired) electrons. The molecule has 0 bridgehead atoms. The molecule has 210 valence electrons. The zero-order chi connectivity index (χ0) is 29.4. The van der Waals surface area contributed by atoms with E-state index in [2.05, 4.69) is 10.6 Å². The maximum Gasteiger partial charge on any atom is 0.412 e. The van der Waals surface area contributed by atoms with Gasteiger partial charge in [0.15, 0.2) is 5.78 Å². The van der Waals surface area contributed by atoms with Crippen LogP contribution in [-0.2, 0) is 25.6 Å². The summed E-state index contributed by atoms with van der Waals surface area (Å²) in [4.78, 5) is 51.1. The Labute approximate surface area is 238 Å². The molecule has 0 saturated heterocycles. The Morgan fingerprint density at radius 2 is 1.73 bits per heavy atom. The van der Waals surface area contributed by atoms with E-state index in [0.29, 0.717) is 0 Å². The van der Waals surface area contributed by atoms with Crippen molar-refractivity contribution < 1.29 is 37.8 Å². The maximum absolute atomic E-state index is 13.9. The zero-order valence-corrected chi connectivity index (χ0v) is 23.6. The lowest BCUT2D eigenvalue weighted by molar-refractivity contribution is -0.136. The summed E-state index contributed by atoms with van der Waals surface area (Å²) in [5, 5.41) is 6.23. The van der Waals surface area contributed by atoms with Crippen LogP contribution in [0.15, 0.2) is 59.6 Å². The number of alkyl carbamates (subject to hydrolysis) is 1. The summed E-state index contributed by atoms with van der Waals surface area (Å²) in [7, 11) is 1.11. The molecule has 0 aliphatic carbocycles. The van der Waals surface area contributed by atoms with Crippen molar-refractivity contribution in [2.24, 2.45) is 0 Å². The normalized spacial score (nSPS) is 11.4. The fourth-order valence-electron chi connectivity index (χ4n) is 3.25. The predicted octanol–water partition coefficient (Wildman–Crippen LogP) is 6.56. The lowest BCUT2D eigenvalue weighted by Gasteiger charge is -2.20. The Kier molecular flexibility index (Phi) is 10.0. The van der Waals surface area contributed by atoms with Crippen molar-refractivity contribution in [1.29, 1.82) is 0 Å². The highest BCUT2D eigenvalue weighted by Crippen LogP contribution is 2.34. The molecule has 1 aromatic heterocycles. The average molecular weight is 589 g/mol. The van der Waals surface area contributed by atoms with Gasteiger partial charge in [0, 0.05) is 10.9 Å². The van der Waals surface area contributed by atoms with E-state index in [9.17, 15) is 23.6 Å². The topological polar surface area (TPSA) is 120 Å². The van der Waals surface area contributed by atoms with Gasteiger partial charge in [0.1, 0.15) is 23.7 Å². The standard InChI is InChI=1S/C28H26ClFN2O7S/c1-28(2,3)39-27(36)32-23-19(24(33)18-12-17(30)10-11-20(18)29)15-40-22(23)13-21(25(34)37-4)31-26(35)38-14-16-8-6-5-7-9-16/h5-13,15H,14H2,1-4H3,(H,31,35)(H,32,36)/b21-13-. The number of hydrogen-bond donors (Lipinski definition) is 2. The second-order valence-corrected chi connectivity index (χ2v) is 10.5. The predicted molar refractivity (Wildman–Crippen MR) is 149 cm³/mol. The molecule has 2 amide bonds. The van der Waals surface area contributed by atoms with E-state index in [0.717, 1.165) is 36.1 Å². The number of thiophene rings is 1. The second kappa shape index (κ2) is 13.2. The summed E-state index contributed by atoms with van der Waals surface area (Å²) in [6, 6.07) is 12.2. The van der Waals surface area contributed by atoms with Crippen LogP contribution < -0.4 is 10.6 Å². The first kappa shape index (κ1) is 30.3. The van der Waals surface area contributed by atoms with Gasteiger partial charge in [0.25, 0.3) is 0 Å². The van der Waals surface area contributed by atoms with Crippen LogP contribution in [0.5, 0.6) is 0 Å². The summed E-state index contributed by atoms with van der Waals surface area (Å²) in [6.45, 7) is 4.90. The molecule has 0 atom stereocenters. The van der Waals surface area contributed by atoms with Crippen LogP contribution in [0, 0.1) is 5.82 Å². The van der Waals surface area contributed by atoms with Crippen molar-refractivity contribution in [3.05, 3.63) is 92.0 Å². The Bertz CT molecular complexity index is 1450. The molecular weight excluding hydrogens is 563 g/mol. The number of benzene rings is 2. The molecule has 0 saturated carbocycles. The number of halogens is 2. The second-order valence-electron chi connectivity index (χ2n) is 9.21. The van der Waals surface area contributed by atoms with Gasteiger partial charge in [-0.25, -0.2) is 18.8 Å². The number of amides is 2. The minimum Gasteiger partial charge on any atom is -0.464 e. The number of esters is 1. The minimum absolute atomic E-state index is 0.00371. The molecule has 40 heavy (non-hydrogen) atoms. The summed E-state index contributed by atoms with van der Waals surface area (Å²) >= 11 is 7.10. The number of anilines is 1. The number of ether oxygens (including phenoxy) is 3. The van der Waals surface area contributed by atoms with Crippen LogP contribution in [0.1, 0.15) is 47.1 Å². The van der Waals surface area contributed by atoms with Crippen molar-refractivity contribution >= 4 is 58.6 Å². The Morgan fingerprint density at radius 3 is 2.38 bits per heavy atom. The third-order valence-electron chi connectivity index (χ3n) is 4.99. The number of hydrogen-bond acceptors (Lipinski definition) is 8. The van der Waals surface area contributed by atoms with Crippen LogP contribution in [0.25, 0.3) is 6.08 Å². The molecule has 3 aromatic rings. The molecule has 0 fully saturated rings. The average Bonchev–Trinajstić information content (AvgIpc) is 3.28. The van der Waals surface area contributed by atoms with Crippen molar-refractivity contribution in [3.8, 4) is 0 Å². The molecular formula is C28H26ClFN2O7S. The van der Waals surface area contributed by atoms with E-state index in [1.54, 1.807) is 45.0 Å². The van der Waals surface area contributed by atoms with Gasteiger partial charge >= 0.3 is 18.2 Å². The first-order valence-electron chi connectivity index (χ1n) is 11.8. The number of carbonyl (C=O) groups excluding carboxylic acids is 4. The Balaban J connectivity index is 1.98. The molecule has 2 N–H and O–H groups in total. The van der Waals surface area contributed by atoms with Crippen molar-refractivity contribution in [3.63, 3.8) is 0 Å². The van der Waals surface area contributed by atoms with Gasteiger partial charge in [-0.15, -0.1) is 11.3 Å². The summed E-state index contributed by atoms with van der Waals surface area (Å²) < 4.78 is 29.2. The summed E-state index contributed by atoms with van der Waals surface area (Å²) in [5.74, 6) is -2.30. The molecule has 0 unspecified atom stereocenters. The molecule has 2 aromatic carbocycles.